The summed E-state index contributed by atoms with van der Waals surface area (Å²) >= 11 is 0. The van der Waals surface area contributed by atoms with Crippen molar-refractivity contribution in [3.63, 3.8) is 0 Å². The van der Waals surface area contributed by atoms with Crippen LogP contribution in [0.2, 0.25) is 33.1 Å². The molecule has 2 fully saturated rings. The minimum Gasteiger partial charge on any atom is -0.373 e. The molecule has 0 aromatic rings. The Morgan fingerprint density at radius 3 is 1.65 bits per heavy atom. The summed E-state index contributed by atoms with van der Waals surface area (Å²) in [6.07, 6.45) is 2.22. The van der Waals surface area contributed by atoms with Crippen LogP contribution in [0.5, 0.6) is 0 Å². The highest BCUT2D eigenvalue weighted by Gasteiger charge is 2.46. The van der Waals surface area contributed by atoms with Crippen molar-refractivity contribution in [1.29, 1.82) is 0 Å². The molecule has 0 saturated carbocycles. The molecule has 0 unspecified atom stereocenters. The van der Waals surface area contributed by atoms with Gasteiger partial charge in [-0.3, -0.25) is 0 Å². The molecule has 12 heteroatoms. The normalized spacial score (nSPS) is 23.1. The van der Waals surface area contributed by atoms with Gasteiger partial charge in [-0.25, -0.2) is 0 Å². The maximum Gasteiger partial charge on any atom is 0.356 e. The van der Waals surface area contributed by atoms with Gasteiger partial charge < -0.3 is 29.9 Å². The second-order valence-corrected chi connectivity index (χ2v) is 6.10. The zero-order chi connectivity index (χ0) is 14.9. The quantitative estimate of drug-likeness (QED) is 0.492. The highest BCUT2D eigenvalue weighted by molar-refractivity contribution is 6.97. The van der Waals surface area contributed by atoms with E-state index in [9.17, 15) is 0 Å². The number of nitrogens with zero attached hydrogens (tertiary/aromatic N) is 2. The van der Waals surface area contributed by atoms with Crippen molar-refractivity contribution in [2.24, 2.45) is 0 Å². The number of hydrogen-bond donors (Lipinski definition) is 4. The molecule has 0 aliphatic carbocycles. The standard InChI is InChI=1S/C8H26B6N6/c1-7-12-17-14(18-13(8-2)19(12)6)20-10(4)15-9(3)16-11(20)5/h15-18H,7-8H2,1-6H3. The van der Waals surface area contributed by atoms with Gasteiger partial charge in [0.1, 0.15) is 0 Å². The Morgan fingerprint density at radius 2 is 1.25 bits per heavy atom. The smallest absolute Gasteiger partial charge is 0.356 e. The molecular weight excluding hydrogens is 245 g/mol. The molecule has 20 heavy (non-hydrogen) atoms. The lowest BCUT2D eigenvalue weighted by Gasteiger charge is -2.48. The summed E-state index contributed by atoms with van der Waals surface area (Å²) in [5.74, 6) is 0. The molecule has 0 atom stereocenters. The van der Waals surface area contributed by atoms with Crippen LogP contribution in [-0.4, -0.2) is 58.4 Å². The second-order valence-electron chi connectivity index (χ2n) is 6.10. The molecule has 2 aliphatic heterocycles. The monoisotopic (exact) mass is 272 g/mol. The van der Waals surface area contributed by atoms with Crippen molar-refractivity contribution < 1.29 is 0 Å². The van der Waals surface area contributed by atoms with Gasteiger partial charge in [0, 0.05) is 0 Å². The van der Waals surface area contributed by atoms with Gasteiger partial charge in [0.25, 0.3) is 34.9 Å². The lowest BCUT2D eigenvalue weighted by molar-refractivity contribution is 0.716. The average molecular weight is 271 g/mol. The maximum atomic E-state index is 3.72. The third kappa shape index (κ3) is 3.31. The van der Waals surface area contributed by atoms with Gasteiger partial charge in [-0.05, 0) is 19.7 Å². The minimum absolute atomic E-state index is 0.193. The second kappa shape index (κ2) is 6.94. The summed E-state index contributed by atoms with van der Waals surface area (Å²) in [4.78, 5) is 0. The van der Waals surface area contributed by atoms with Crippen LogP contribution in [0, 0.1) is 0 Å². The van der Waals surface area contributed by atoms with Crippen molar-refractivity contribution in [3.05, 3.63) is 0 Å². The summed E-state index contributed by atoms with van der Waals surface area (Å²) in [5.41, 5.74) is 0. The van der Waals surface area contributed by atoms with Gasteiger partial charge in [0.2, 0.25) is 0 Å². The van der Waals surface area contributed by atoms with Crippen molar-refractivity contribution >= 4 is 42.0 Å². The molecule has 0 aromatic carbocycles. The Bertz CT molecular complexity index is 300. The maximum absolute atomic E-state index is 3.72. The Morgan fingerprint density at radius 1 is 0.800 bits per heavy atom. The number of nitrogens with one attached hydrogen (secondary N) is 4. The fraction of sp³-hybridized carbons (Fsp3) is 1.00. The van der Waals surface area contributed by atoms with E-state index in [0.29, 0.717) is 34.9 Å². The van der Waals surface area contributed by atoms with Crippen molar-refractivity contribution in [2.45, 2.75) is 47.0 Å². The summed E-state index contributed by atoms with van der Waals surface area (Å²) < 4.78 is 4.84. The number of rotatable bonds is 3. The first-order valence-electron chi connectivity index (χ1n) is 8.01. The molecule has 2 heterocycles. The van der Waals surface area contributed by atoms with Gasteiger partial charge in [0.05, 0.1) is 0 Å². The lowest BCUT2D eigenvalue weighted by Crippen LogP contribution is -2.86. The molecule has 0 spiro atoms. The molecule has 0 amide bonds. The zero-order valence-electron chi connectivity index (χ0n) is 13.8. The highest BCUT2D eigenvalue weighted by atomic mass is 15.3. The van der Waals surface area contributed by atoms with Crippen LogP contribution >= 0.6 is 0 Å². The zero-order valence-corrected chi connectivity index (χ0v) is 13.8. The van der Waals surface area contributed by atoms with Gasteiger partial charge >= 0.3 is 7.12 Å². The Balaban J connectivity index is 2.10. The first-order valence-corrected chi connectivity index (χ1v) is 8.01. The largest absolute Gasteiger partial charge is 0.373 e. The van der Waals surface area contributed by atoms with E-state index < -0.39 is 0 Å². The predicted molar refractivity (Wildman–Crippen MR) is 95.2 cm³/mol. The Kier molecular flexibility index (Phi) is 5.73. The van der Waals surface area contributed by atoms with E-state index in [1.54, 1.807) is 0 Å². The van der Waals surface area contributed by atoms with Crippen LogP contribution in [-0.2, 0) is 0 Å². The summed E-state index contributed by atoms with van der Waals surface area (Å²) in [7, 11) is 2.39. The van der Waals surface area contributed by atoms with Gasteiger partial charge in [0.15, 0.2) is 0 Å². The highest BCUT2D eigenvalue weighted by Crippen LogP contribution is 2.10. The van der Waals surface area contributed by atoms with Crippen LogP contribution in [0.1, 0.15) is 13.8 Å². The first-order chi connectivity index (χ1) is 9.47. The van der Waals surface area contributed by atoms with Crippen molar-refractivity contribution in [2.75, 3.05) is 7.05 Å². The number of hydrogen-bond acceptors (Lipinski definition) is 6. The third-order valence-electron chi connectivity index (χ3n) is 4.63. The lowest BCUT2D eigenvalue weighted by atomic mass is 9.40. The molecule has 0 radical (unpaired) electrons. The molecule has 106 valence electrons. The van der Waals surface area contributed by atoms with Gasteiger partial charge in [-0.15, -0.1) is 0 Å². The predicted octanol–water partition coefficient (Wildman–Crippen LogP) is -1.04. The van der Waals surface area contributed by atoms with E-state index in [1.807, 2.05) is 0 Å². The molecule has 0 bridgehead atoms. The van der Waals surface area contributed by atoms with E-state index in [0.717, 1.165) is 12.6 Å². The summed E-state index contributed by atoms with van der Waals surface area (Å²) in [6, 6.07) is 0. The topological polar surface area (TPSA) is 54.6 Å². The van der Waals surface area contributed by atoms with Crippen LogP contribution < -0.4 is 20.6 Å². The first kappa shape index (κ1) is 16.5. The Hall–Kier alpha value is 0.150. The molecule has 0 aromatic heterocycles. The van der Waals surface area contributed by atoms with E-state index in [-0.39, 0.29) is 7.12 Å². The van der Waals surface area contributed by atoms with Gasteiger partial charge in [-0.1, -0.05) is 34.3 Å². The molecule has 2 aliphatic rings. The van der Waals surface area contributed by atoms with Crippen LogP contribution in [0.3, 0.4) is 0 Å². The minimum atomic E-state index is 0.193. The Labute approximate surface area is 126 Å². The van der Waals surface area contributed by atoms with E-state index in [1.165, 1.54) is 0 Å². The third-order valence-corrected chi connectivity index (χ3v) is 4.63. The van der Waals surface area contributed by atoms with Crippen molar-refractivity contribution in [1.82, 2.24) is 29.9 Å². The molecule has 2 saturated heterocycles. The van der Waals surface area contributed by atoms with Crippen LogP contribution in [0.25, 0.3) is 0 Å². The molecule has 2 rings (SSSR count). The fourth-order valence-corrected chi connectivity index (χ4v) is 3.58. The molecule has 6 nitrogen and oxygen atoms in total. The van der Waals surface area contributed by atoms with E-state index in [4.69, 9.17) is 0 Å². The van der Waals surface area contributed by atoms with Crippen LogP contribution in [0.4, 0.5) is 0 Å². The van der Waals surface area contributed by atoms with Crippen LogP contribution in [0.15, 0.2) is 0 Å². The SMILES string of the molecule is CCB1NB(N2B(C)NB(C)NB2C)NB(CC)N1C. The van der Waals surface area contributed by atoms with E-state index >= 15 is 0 Å². The summed E-state index contributed by atoms with van der Waals surface area (Å²) in [5, 5.41) is 14.6. The van der Waals surface area contributed by atoms with Crippen molar-refractivity contribution in [3.8, 4) is 0 Å². The van der Waals surface area contributed by atoms with Gasteiger partial charge in [-0.2, -0.15) is 0 Å². The summed E-state index contributed by atoms with van der Waals surface area (Å²) in [6.45, 7) is 13.0. The van der Waals surface area contributed by atoms with E-state index in [2.05, 4.69) is 71.3 Å². The molecule has 4 N–H and O–H groups in total. The molecular formula is C8H26B6N6. The fourth-order valence-electron chi connectivity index (χ4n) is 3.58. The average Bonchev–Trinajstić information content (AvgIpc) is 2.39.